The standard InChI is InChI=1S/C21H23ClN6O5S/c1-33-20(29)16-6-4-14(22)12-17(16)24-21(30)23-8-11-28-19-7-5-15(13-18(19)25-26-28)34(31,32)27-9-2-3-10-27/h4-7,12-13H,2-3,8-11H2,1H3,(H2,23,24,30). The highest BCUT2D eigenvalue weighted by Crippen LogP contribution is 2.24. The Morgan fingerprint density at radius 2 is 1.91 bits per heavy atom. The molecule has 4 rings (SSSR count). The van der Waals surface area contributed by atoms with E-state index < -0.39 is 22.0 Å². The number of methoxy groups -OCH3 is 1. The van der Waals surface area contributed by atoms with Gasteiger partial charge in [0, 0.05) is 24.7 Å². The van der Waals surface area contributed by atoms with Gasteiger partial charge in [-0.2, -0.15) is 4.31 Å². The number of aromatic nitrogens is 3. The summed E-state index contributed by atoms with van der Waals surface area (Å²) in [5, 5.41) is 13.7. The molecule has 1 aromatic heterocycles. The third-order valence-electron chi connectivity index (χ3n) is 5.43. The SMILES string of the molecule is COC(=O)c1ccc(Cl)cc1NC(=O)NCCn1nnc2cc(S(=O)(=O)N3CCCC3)ccc21. The quantitative estimate of drug-likeness (QED) is 0.470. The van der Waals surface area contributed by atoms with E-state index in [-0.39, 0.29) is 22.7 Å². The van der Waals surface area contributed by atoms with Gasteiger partial charge in [-0.05, 0) is 49.2 Å². The molecule has 3 aromatic rings. The van der Waals surface area contributed by atoms with Crippen molar-refractivity contribution in [2.24, 2.45) is 0 Å². The molecule has 2 heterocycles. The van der Waals surface area contributed by atoms with Gasteiger partial charge in [0.15, 0.2) is 0 Å². The third kappa shape index (κ3) is 4.98. The molecule has 0 aliphatic carbocycles. The molecule has 13 heteroatoms. The van der Waals surface area contributed by atoms with Crippen molar-refractivity contribution >= 4 is 50.3 Å². The molecule has 2 aromatic carbocycles. The van der Waals surface area contributed by atoms with E-state index >= 15 is 0 Å². The summed E-state index contributed by atoms with van der Waals surface area (Å²) in [6.45, 7) is 1.54. The number of nitrogens with zero attached hydrogens (tertiary/aromatic N) is 4. The van der Waals surface area contributed by atoms with Crippen molar-refractivity contribution in [2.75, 3.05) is 32.1 Å². The van der Waals surface area contributed by atoms with E-state index in [9.17, 15) is 18.0 Å². The van der Waals surface area contributed by atoms with Gasteiger partial charge in [-0.15, -0.1) is 5.10 Å². The Morgan fingerprint density at radius 3 is 2.65 bits per heavy atom. The fourth-order valence-electron chi connectivity index (χ4n) is 3.70. The summed E-state index contributed by atoms with van der Waals surface area (Å²) in [6, 6.07) is 8.61. The lowest BCUT2D eigenvalue weighted by molar-refractivity contribution is 0.0602. The Balaban J connectivity index is 1.39. The monoisotopic (exact) mass is 506 g/mol. The van der Waals surface area contributed by atoms with Gasteiger partial charge in [0.05, 0.1) is 35.3 Å². The van der Waals surface area contributed by atoms with Crippen LogP contribution in [-0.4, -0.2) is 66.5 Å². The lowest BCUT2D eigenvalue weighted by Crippen LogP contribution is -2.32. The van der Waals surface area contributed by atoms with Crippen LogP contribution >= 0.6 is 11.6 Å². The molecule has 1 saturated heterocycles. The smallest absolute Gasteiger partial charge is 0.339 e. The number of urea groups is 1. The number of hydrogen-bond acceptors (Lipinski definition) is 7. The maximum Gasteiger partial charge on any atom is 0.339 e. The number of nitrogens with one attached hydrogen (secondary N) is 2. The van der Waals surface area contributed by atoms with Crippen LogP contribution in [0.3, 0.4) is 0 Å². The maximum absolute atomic E-state index is 12.8. The van der Waals surface area contributed by atoms with Crippen LogP contribution in [0.25, 0.3) is 11.0 Å². The normalized spacial score (nSPS) is 14.3. The number of anilines is 1. The number of sulfonamides is 1. The average molecular weight is 507 g/mol. The fourth-order valence-corrected chi connectivity index (χ4v) is 5.41. The summed E-state index contributed by atoms with van der Waals surface area (Å²) in [4.78, 5) is 24.4. The number of rotatable bonds is 7. The van der Waals surface area contributed by atoms with Crippen molar-refractivity contribution < 1.29 is 22.7 Å². The molecule has 34 heavy (non-hydrogen) atoms. The second-order valence-corrected chi connectivity index (χ2v) is 10.0. The Hall–Kier alpha value is -3.22. The molecular weight excluding hydrogens is 484 g/mol. The van der Waals surface area contributed by atoms with Gasteiger partial charge in [-0.3, -0.25) is 0 Å². The molecule has 0 saturated carbocycles. The first kappa shape index (κ1) is 23.9. The van der Waals surface area contributed by atoms with Crippen molar-refractivity contribution in [3.63, 3.8) is 0 Å². The van der Waals surface area contributed by atoms with Crippen LogP contribution in [0, 0.1) is 0 Å². The average Bonchev–Trinajstić information content (AvgIpc) is 3.49. The molecule has 0 atom stereocenters. The molecule has 1 aliphatic heterocycles. The number of halogens is 1. The Bertz CT molecular complexity index is 1340. The molecule has 0 radical (unpaired) electrons. The number of hydrogen-bond donors (Lipinski definition) is 2. The molecule has 0 bridgehead atoms. The predicted octanol–water partition coefficient (Wildman–Crippen LogP) is 2.48. The van der Waals surface area contributed by atoms with Crippen LogP contribution in [0.5, 0.6) is 0 Å². The van der Waals surface area contributed by atoms with Gasteiger partial charge in [0.2, 0.25) is 10.0 Å². The van der Waals surface area contributed by atoms with Gasteiger partial charge < -0.3 is 15.4 Å². The number of carbonyl (C=O) groups is 2. The number of amides is 2. The summed E-state index contributed by atoms with van der Waals surface area (Å²) in [7, 11) is -2.30. The number of esters is 1. The van der Waals surface area contributed by atoms with E-state index in [1.807, 2.05) is 0 Å². The van der Waals surface area contributed by atoms with E-state index in [0.717, 1.165) is 12.8 Å². The van der Waals surface area contributed by atoms with Crippen molar-refractivity contribution in [3.8, 4) is 0 Å². The largest absolute Gasteiger partial charge is 0.465 e. The minimum absolute atomic E-state index is 0.170. The topological polar surface area (TPSA) is 136 Å². The Kier molecular flexibility index (Phi) is 7.00. The van der Waals surface area contributed by atoms with E-state index in [2.05, 4.69) is 20.9 Å². The van der Waals surface area contributed by atoms with Crippen LogP contribution in [0.2, 0.25) is 5.02 Å². The molecule has 0 unspecified atom stereocenters. The number of ether oxygens (including phenoxy) is 1. The Morgan fingerprint density at radius 1 is 1.15 bits per heavy atom. The third-order valence-corrected chi connectivity index (χ3v) is 7.56. The first-order valence-electron chi connectivity index (χ1n) is 10.6. The molecule has 180 valence electrons. The second kappa shape index (κ2) is 9.95. The summed E-state index contributed by atoms with van der Waals surface area (Å²) in [6.07, 6.45) is 1.72. The van der Waals surface area contributed by atoms with E-state index in [1.165, 1.54) is 35.7 Å². The highest BCUT2D eigenvalue weighted by Gasteiger charge is 2.27. The second-order valence-electron chi connectivity index (χ2n) is 7.64. The molecule has 1 aliphatic rings. The minimum Gasteiger partial charge on any atom is -0.465 e. The Labute approximate surface area is 201 Å². The molecular formula is C21H23ClN6O5S. The first-order valence-corrected chi connectivity index (χ1v) is 12.4. The first-order chi connectivity index (χ1) is 16.3. The van der Waals surface area contributed by atoms with Crippen molar-refractivity contribution in [1.29, 1.82) is 0 Å². The maximum atomic E-state index is 12.8. The van der Waals surface area contributed by atoms with Crippen molar-refractivity contribution in [1.82, 2.24) is 24.6 Å². The van der Waals surface area contributed by atoms with E-state index in [1.54, 1.807) is 16.8 Å². The van der Waals surface area contributed by atoms with Gasteiger partial charge >= 0.3 is 12.0 Å². The summed E-state index contributed by atoms with van der Waals surface area (Å²) >= 11 is 5.97. The molecule has 0 spiro atoms. The summed E-state index contributed by atoms with van der Waals surface area (Å²) in [5.41, 5.74) is 1.48. The predicted molar refractivity (Wildman–Crippen MR) is 125 cm³/mol. The van der Waals surface area contributed by atoms with Gasteiger partial charge in [-0.25, -0.2) is 22.7 Å². The summed E-state index contributed by atoms with van der Waals surface area (Å²) < 4.78 is 33.3. The minimum atomic E-state index is -3.54. The van der Waals surface area contributed by atoms with Crippen LogP contribution in [0.1, 0.15) is 23.2 Å². The van der Waals surface area contributed by atoms with Crippen LogP contribution < -0.4 is 10.6 Å². The molecule has 1 fully saturated rings. The fraction of sp³-hybridized carbons (Fsp3) is 0.333. The highest BCUT2D eigenvalue weighted by atomic mass is 35.5. The van der Waals surface area contributed by atoms with E-state index in [0.29, 0.717) is 35.7 Å². The summed E-state index contributed by atoms with van der Waals surface area (Å²) in [5.74, 6) is -0.604. The van der Waals surface area contributed by atoms with Crippen molar-refractivity contribution in [3.05, 3.63) is 47.0 Å². The van der Waals surface area contributed by atoms with Gasteiger partial charge in [0.1, 0.15) is 5.52 Å². The molecule has 2 amide bonds. The number of carbonyl (C=O) groups excluding carboxylic acids is 2. The van der Waals surface area contributed by atoms with Crippen molar-refractivity contribution in [2.45, 2.75) is 24.3 Å². The molecule has 2 N–H and O–H groups in total. The van der Waals surface area contributed by atoms with Crippen LogP contribution in [-0.2, 0) is 21.3 Å². The van der Waals surface area contributed by atoms with Gasteiger partial charge in [-0.1, -0.05) is 16.8 Å². The zero-order valence-corrected chi connectivity index (χ0v) is 19.9. The zero-order valence-electron chi connectivity index (χ0n) is 18.3. The lowest BCUT2D eigenvalue weighted by atomic mass is 10.2. The molecule has 11 nitrogen and oxygen atoms in total. The number of benzene rings is 2. The number of fused-ring (bicyclic) bond motifs is 1. The highest BCUT2D eigenvalue weighted by molar-refractivity contribution is 7.89. The zero-order chi connectivity index (χ0) is 24.3. The van der Waals surface area contributed by atoms with Crippen LogP contribution in [0.4, 0.5) is 10.5 Å². The van der Waals surface area contributed by atoms with Crippen LogP contribution in [0.15, 0.2) is 41.3 Å². The van der Waals surface area contributed by atoms with E-state index in [4.69, 9.17) is 16.3 Å². The lowest BCUT2D eigenvalue weighted by Gasteiger charge is -2.15. The van der Waals surface area contributed by atoms with Gasteiger partial charge in [0.25, 0.3) is 0 Å².